The summed E-state index contributed by atoms with van der Waals surface area (Å²) in [6, 6.07) is 9.22. The lowest BCUT2D eigenvalue weighted by molar-refractivity contribution is 0.102. The van der Waals surface area contributed by atoms with E-state index in [1.165, 1.54) is 11.8 Å². The summed E-state index contributed by atoms with van der Waals surface area (Å²) in [4.78, 5) is 32.1. The Morgan fingerprint density at radius 2 is 1.92 bits per heavy atom. The number of aromatic nitrogens is 2. The van der Waals surface area contributed by atoms with Crippen molar-refractivity contribution in [1.29, 1.82) is 0 Å². The van der Waals surface area contributed by atoms with Gasteiger partial charge in [0, 0.05) is 17.0 Å². The lowest BCUT2D eigenvalue weighted by atomic mass is 10.2. The first-order valence-electron chi connectivity index (χ1n) is 8.60. The number of carbonyl (C=O) groups is 1. The van der Waals surface area contributed by atoms with Crippen LogP contribution in [0.1, 0.15) is 34.6 Å². The summed E-state index contributed by atoms with van der Waals surface area (Å²) in [6.07, 6.45) is 0. The summed E-state index contributed by atoms with van der Waals surface area (Å²) in [5, 5.41) is 1.34. The van der Waals surface area contributed by atoms with Crippen LogP contribution in [0.3, 0.4) is 0 Å². The fourth-order valence-electron chi connectivity index (χ4n) is 2.78. The molecule has 136 valence electrons. The molecule has 0 radical (unpaired) electrons. The maximum Gasteiger partial charge on any atom is 0.263 e. The average molecular weight is 387 g/mol. The highest BCUT2D eigenvalue weighted by Crippen LogP contribution is 2.28. The van der Waals surface area contributed by atoms with Crippen LogP contribution in [0.2, 0.25) is 0 Å². The van der Waals surface area contributed by atoms with Gasteiger partial charge in [-0.2, -0.15) is 0 Å². The standard InChI is InChI=1S/C20H22N2O2S2/c1-12(2)10-22-19(24)17-13(3)14(4)26-18(17)21-20(22)25-11-16(23)15-8-6-5-7-9-15/h5-9,12H,10-11H2,1-4H3. The van der Waals surface area contributed by atoms with Gasteiger partial charge in [-0.05, 0) is 25.3 Å². The molecule has 4 nitrogen and oxygen atoms in total. The summed E-state index contributed by atoms with van der Waals surface area (Å²) in [5.74, 6) is 0.624. The van der Waals surface area contributed by atoms with E-state index in [0.29, 0.717) is 28.6 Å². The molecule has 0 saturated heterocycles. The molecule has 0 spiro atoms. The zero-order valence-electron chi connectivity index (χ0n) is 15.4. The number of fused-ring (bicyclic) bond motifs is 1. The molecule has 3 rings (SSSR count). The first-order valence-corrected chi connectivity index (χ1v) is 10.4. The van der Waals surface area contributed by atoms with Crippen molar-refractivity contribution in [2.45, 2.75) is 39.4 Å². The van der Waals surface area contributed by atoms with Crippen LogP contribution >= 0.6 is 23.1 Å². The number of benzene rings is 1. The van der Waals surface area contributed by atoms with Gasteiger partial charge in [-0.15, -0.1) is 11.3 Å². The predicted octanol–water partition coefficient (Wildman–Crippen LogP) is 4.71. The SMILES string of the molecule is Cc1sc2nc(SCC(=O)c3ccccc3)n(CC(C)C)c(=O)c2c1C. The fraction of sp³-hybridized carbons (Fsp3) is 0.350. The Morgan fingerprint density at radius 3 is 2.58 bits per heavy atom. The van der Waals surface area contributed by atoms with Crippen molar-refractivity contribution in [1.82, 2.24) is 9.55 Å². The largest absolute Gasteiger partial charge is 0.293 e. The number of rotatable bonds is 6. The first kappa shape index (κ1) is 18.9. The quantitative estimate of drug-likeness (QED) is 0.350. The van der Waals surface area contributed by atoms with Crippen LogP contribution in [0.25, 0.3) is 10.2 Å². The van der Waals surface area contributed by atoms with E-state index in [-0.39, 0.29) is 17.1 Å². The lowest BCUT2D eigenvalue weighted by Gasteiger charge is -2.14. The maximum absolute atomic E-state index is 13.1. The molecule has 3 aromatic rings. The number of Topliss-reactive ketones (excluding diaryl/α,β-unsaturated/α-hetero) is 1. The van der Waals surface area contributed by atoms with E-state index in [4.69, 9.17) is 4.98 Å². The third kappa shape index (κ3) is 3.76. The van der Waals surface area contributed by atoms with Gasteiger partial charge < -0.3 is 0 Å². The van der Waals surface area contributed by atoms with Gasteiger partial charge in [0.05, 0.1) is 11.1 Å². The van der Waals surface area contributed by atoms with Gasteiger partial charge in [0.15, 0.2) is 10.9 Å². The summed E-state index contributed by atoms with van der Waals surface area (Å²) >= 11 is 2.89. The fourth-order valence-corrected chi connectivity index (χ4v) is 4.76. The molecular formula is C20H22N2O2S2. The normalized spacial score (nSPS) is 11.4. The van der Waals surface area contributed by atoms with Crippen LogP contribution in [-0.2, 0) is 6.54 Å². The minimum atomic E-state index is 0.000195. The Balaban J connectivity index is 1.98. The highest BCUT2D eigenvalue weighted by Gasteiger charge is 2.18. The molecular weight excluding hydrogens is 364 g/mol. The van der Waals surface area contributed by atoms with E-state index < -0.39 is 0 Å². The molecule has 0 atom stereocenters. The Kier molecular flexibility index (Phi) is 5.63. The van der Waals surface area contributed by atoms with Gasteiger partial charge >= 0.3 is 0 Å². The molecule has 26 heavy (non-hydrogen) atoms. The third-order valence-corrected chi connectivity index (χ3v) is 6.31. The summed E-state index contributed by atoms with van der Waals surface area (Å²) in [5.41, 5.74) is 1.69. The van der Waals surface area contributed by atoms with E-state index in [2.05, 4.69) is 13.8 Å². The van der Waals surface area contributed by atoms with Crippen molar-refractivity contribution in [3.8, 4) is 0 Å². The topological polar surface area (TPSA) is 52.0 Å². The van der Waals surface area contributed by atoms with Gasteiger partial charge in [-0.1, -0.05) is 55.9 Å². The third-order valence-electron chi connectivity index (χ3n) is 4.23. The van der Waals surface area contributed by atoms with Gasteiger partial charge in [0.1, 0.15) is 4.83 Å². The molecule has 0 fully saturated rings. The molecule has 2 heterocycles. The Bertz CT molecular complexity index is 1000. The van der Waals surface area contributed by atoms with Crippen LogP contribution in [-0.4, -0.2) is 21.1 Å². The smallest absolute Gasteiger partial charge is 0.263 e. The van der Waals surface area contributed by atoms with Crippen molar-refractivity contribution in [3.63, 3.8) is 0 Å². The zero-order valence-corrected chi connectivity index (χ0v) is 17.0. The van der Waals surface area contributed by atoms with E-state index >= 15 is 0 Å². The molecule has 0 N–H and O–H groups in total. The highest BCUT2D eigenvalue weighted by molar-refractivity contribution is 7.99. The van der Waals surface area contributed by atoms with Crippen LogP contribution in [0.15, 0.2) is 40.3 Å². The Hall–Kier alpha value is -1.92. The Morgan fingerprint density at radius 1 is 1.23 bits per heavy atom. The molecule has 0 aliphatic carbocycles. The number of carbonyl (C=O) groups excluding carboxylic acids is 1. The maximum atomic E-state index is 13.1. The number of ketones is 1. The van der Waals surface area contributed by atoms with Crippen LogP contribution in [0, 0.1) is 19.8 Å². The lowest BCUT2D eigenvalue weighted by Crippen LogP contribution is -2.25. The first-order chi connectivity index (χ1) is 12.4. The number of aryl methyl sites for hydroxylation is 2. The second kappa shape index (κ2) is 7.76. The van der Waals surface area contributed by atoms with Crippen molar-refractivity contribution in [2.24, 2.45) is 5.92 Å². The minimum absolute atomic E-state index is 0.000195. The molecule has 1 aromatic carbocycles. The number of hydrogen-bond acceptors (Lipinski definition) is 5. The minimum Gasteiger partial charge on any atom is -0.293 e. The second-order valence-corrected chi connectivity index (χ2v) is 8.89. The number of thioether (sulfide) groups is 1. The van der Waals surface area contributed by atoms with Gasteiger partial charge in [-0.3, -0.25) is 14.2 Å². The molecule has 0 amide bonds. The van der Waals surface area contributed by atoms with E-state index in [1.807, 2.05) is 44.2 Å². The molecule has 6 heteroatoms. The van der Waals surface area contributed by atoms with Crippen molar-refractivity contribution in [3.05, 3.63) is 56.7 Å². The highest BCUT2D eigenvalue weighted by atomic mass is 32.2. The van der Waals surface area contributed by atoms with E-state index in [1.54, 1.807) is 15.9 Å². The van der Waals surface area contributed by atoms with Crippen molar-refractivity contribution < 1.29 is 4.79 Å². The predicted molar refractivity (Wildman–Crippen MR) is 110 cm³/mol. The summed E-state index contributed by atoms with van der Waals surface area (Å²) < 4.78 is 1.73. The number of thiophene rings is 1. The molecule has 0 saturated carbocycles. The van der Waals surface area contributed by atoms with Crippen molar-refractivity contribution in [2.75, 3.05) is 5.75 Å². The number of hydrogen-bond donors (Lipinski definition) is 0. The average Bonchev–Trinajstić information content (AvgIpc) is 2.90. The molecule has 0 bridgehead atoms. The van der Waals surface area contributed by atoms with Gasteiger partial charge in [0.2, 0.25) is 0 Å². The summed E-state index contributed by atoms with van der Waals surface area (Å²) in [7, 11) is 0. The molecule has 2 aromatic heterocycles. The molecule has 0 aliphatic rings. The van der Waals surface area contributed by atoms with Gasteiger partial charge in [-0.25, -0.2) is 4.98 Å². The molecule has 0 unspecified atom stereocenters. The van der Waals surface area contributed by atoms with Gasteiger partial charge in [0.25, 0.3) is 5.56 Å². The number of nitrogens with zero attached hydrogens (tertiary/aromatic N) is 2. The van der Waals surface area contributed by atoms with Crippen LogP contribution < -0.4 is 5.56 Å². The van der Waals surface area contributed by atoms with Crippen molar-refractivity contribution >= 4 is 39.1 Å². The second-order valence-electron chi connectivity index (χ2n) is 6.75. The van der Waals surface area contributed by atoms with E-state index in [0.717, 1.165) is 15.3 Å². The summed E-state index contributed by atoms with van der Waals surface area (Å²) in [6.45, 7) is 8.73. The van der Waals surface area contributed by atoms with Crippen LogP contribution in [0.5, 0.6) is 0 Å². The molecule has 0 aliphatic heterocycles. The monoisotopic (exact) mass is 386 g/mol. The van der Waals surface area contributed by atoms with Crippen LogP contribution in [0.4, 0.5) is 0 Å². The van der Waals surface area contributed by atoms with E-state index in [9.17, 15) is 9.59 Å². The zero-order chi connectivity index (χ0) is 18.8. The Labute approximate surface area is 161 Å².